The van der Waals surface area contributed by atoms with E-state index >= 15 is 0 Å². The van der Waals surface area contributed by atoms with E-state index in [2.05, 4.69) is 10.6 Å². The van der Waals surface area contributed by atoms with Crippen molar-refractivity contribution >= 4 is 18.1 Å². The molecule has 6 nitrogen and oxygen atoms in total. The van der Waals surface area contributed by atoms with Crippen LogP contribution in [0.1, 0.15) is 26.7 Å². The van der Waals surface area contributed by atoms with Crippen LogP contribution in [0.5, 0.6) is 0 Å². The highest BCUT2D eigenvalue weighted by Crippen LogP contribution is 2.24. The van der Waals surface area contributed by atoms with E-state index in [-0.39, 0.29) is 29.8 Å². The first-order chi connectivity index (χ1) is 8.96. The number of aldehydes is 1. The van der Waals surface area contributed by atoms with E-state index in [9.17, 15) is 14.4 Å². The minimum atomic E-state index is -0.534. The van der Waals surface area contributed by atoms with Crippen molar-refractivity contribution in [3.8, 4) is 0 Å². The van der Waals surface area contributed by atoms with E-state index in [1.54, 1.807) is 25.9 Å². The van der Waals surface area contributed by atoms with Gasteiger partial charge in [-0.1, -0.05) is 6.92 Å². The molecule has 0 radical (unpaired) electrons. The number of hydrogen-bond acceptors (Lipinski definition) is 4. The summed E-state index contributed by atoms with van der Waals surface area (Å²) in [6.45, 7) is 3.69. The van der Waals surface area contributed by atoms with Crippen LogP contribution >= 0.6 is 0 Å². The molecule has 1 aliphatic rings. The van der Waals surface area contributed by atoms with Crippen molar-refractivity contribution in [1.29, 1.82) is 0 Å². The van der Waals surface area contributed by atoms with Crippen LogP contribution in [0.4, 0.5) is 0 Å². The second-order valence-electron chi connectivity index (χ2n) is 5.13. The number of likely N-dealkylation sites (N-methyl/N-ethyl adjacent to an activating group) is 1. The number of rotatable bonds is 6. The molecule has 4 atom stereocenters. The van der Waals surface area contributed by atoms with Gasteiger partial charge in [-0.15, -0.1) is 0 Å². The topological polar surface area (TPSA) is 78.5 Å². The number of likely N-dealkylation sites (tertiary alicyclic amines) is 1. The van der Waals surface area contributed by atoms with Gasteiger partial charge in [-0.05, 0) is 26.8 Å². The minimum Gasteiger partial charge on any atom is -0.359 e. The zero-order chi connectivity index (χ0) is 14.6. The van der Waals surface area contributed by atoms with Gasteiger partial charge in [0.05, 0.1) is 12.1 Å². The van der Waals surface area contributed by atoms with Crippen LogP contribution in [0.3, 0.4) is 0 Å². The smallest absolute Gasteiger partial charge is 0.240 e. The van der Waals surface area contributed by atoms with E-state index < -0.39 is 6.04 Å². The first-order valence-electron chi connectivity index (χ1n) is 6.62. The maximum atomic E-state index is 12.2. The molecule has 0 aliphatic carbocycles. The lowest BCUT2D eigenvalue weighted by Gasteiger charge is -2.29. The van der Waals surface area contributed by atoms with Gasteiger partial charge in [0, 0.05) is 19.0 Å². The maximum absolute atomic E-state index is 12.2. The summed E-state index contributed by atoms with van der Waals surface area (Å²) in [4.78, 5) is 36.6. The van der Waals surface area contributed by atoms with E-state index in [0.29, 0.717) is 12.8 Å². The Morgan fingerprint density at radius 2 is 2.16 bits per heavy atom. The highest BCUT2D eigenvalue weighted by molar-refractivity contribution is 5.87. The van der Waals surface area contributed by atoms with Crippen molar-refractivity contribution in [2.75, 3.05) is 14.1 Å². The monoisotopic (exact) mass is 269 g/mol. The molecule has 0 aromatic rings. The number of carbonyl (C=O) groups excluding carboxylic acids is 3. The molecule has 2 amide bonds. The van der Waals surface area contributed by atoms with Gasteiger partial charge in [-0.2, -0.15) is 0 Å². The van der Waals surface area contributed by atoms with Gasteiger partial charge in [0.1, 0.15) is 6.29 Å². The average molecular weight is 269 g/mol. The fraction of sp³-hybridized carbons (Fsp3) is 0.769. The fourth-order valence-corrected chi connectivity index (χ4v) is 2.63. The molecular formula is C13H23N3O3. The molecule has 108 valence electrons. The first kappa shape index (κ1) is 15.6. The quantitative estimate of drug-likeness (QED) is 0.639. The highest BCUT2D eigenvalue weighted by atomic mass is 16.2. The molecule has 1 aliphatic heterocycles. The molecule has 1 rings (SSSR count). The largest absolute Gasteiger partial charge is 0.359 e. The second kappa shape index (κ2) is 6.65. The summed E-state index contributed by atoms with van der Waals surface area (Å²) in [5.74, 6) is -0.471. The summed E-state index contributed by atoms with van der Waals surface area (Å²) < 4.78 is 0. The Kier molecular flexibility index (Phi) is 5.47. The molecular weight excluding hydrogens is 246 g/mol. The summed E-state index contributed by atoms with van der Waals surface area (Å²) in [5.41, 5.74) is 0. The average Bonchev–Trinajstić information content (AvgIpc) is 2.69. The predicted octanol–water partition coefficient (Wildman–Crippen LogP) is -0.465. The SMILES string of the molecule is CNC(=O)[C@@H](C)CC(C=O)N1C(=O)[C@@H](NC)CC1C. The normalized spacial score (nSPS) is 26.1. The minimum absolute atomic E-state index is 0.0111. The van der Waals surface area contributed by atoms with Crippen LogP contribution in [0, 0.1) is 5.92 Å². The standard InChI is InChI=1S/C13H23N3O3/c1-8(12(18)15-4)5-10(7-17)16-9(2)6-11(14-3)13(16)19/h7-11,14H,5-6H2,1-4H3,(H,15,18)/t8-,9?,10?,11-/m0/s1. The fourth-order valence-electron chi connectivity index (χ4n) is 2.63. The third kappa shape index (κ3) is 3.32. The van der Waals surface area contributed by atoms with Crippen LogP contribution < -0.4 is 10.6 Å². The molecule has 0 bridgehead atoms. The summed E-state index contributed by atoms with van der Waals surface area (Å²) in [6, 6.07) is -0.752. The summed E-state index contributed by atoms with van der Waals surface area (Å²) in [6.07, 6.45) is 1.82. The molecule has 2 N–H and O–H groups in total. The molecule has 1 heterocycles. The van der Waals surface area contributed by atoms with E-state index in [0.717, 1.165) is 6.29 Å². The molecule has 2 unspecified atom stereocenters. The van der Waals surface area contributed by atoms with Crippen LogP contribution in [0.25, 0.3) is 0 Å². The lowest BCUT2D eigenvalue weighted by atomic mass is 10.00. The van der Waals surface area contributed by atoms with Gasteiger partial charge >= 0.3 is 0 Å². The lowest BCUT2D eigenvalue weighted by molar-refractivity contribution is -0.137. The molecule has 0 saturated carbocycles. The second-order valence-corrected chi connectivity index (χ2v) is 5.13. The van der Waals surface area contributed by atoms with Gasteiger partial charge in [0.2, 0.25) is 11.8 Å². The van der Waals surface area contributed by atoms with Crippen LogP contribution in [-0.4, -0.2) is 55.2 Å². The molecule has 1 fully saturated rings. The van der Waals surface area contributed by atoms with Crippen molar-refractivity contribution in [2.24, 2.45) is 5.92 Å². The van der Waals surface area contributed by atoms with Crippen LogP contribution in [0.2, 0.25) is 0 Å². The van der Waals surface area contributed by atoms with Crippen molar-refractivity contribution in [3.63, 3.8) is 0 Å². The zero-order valence-corrected chi connectivity index (χ0v) is 12.0. The molecule has 0 spiro atoms. The summed E-state index contributed by atoms with van der Waals surface area (Å²) in [5, 5.41) is 5.51. The Hall–Kier alpha value is -1.43. The predicted molar refractivity (Wildman–Crippen MR) is 71.5 cm³/mol. The molecule has 1 saturated heterocycles. The van der Waals surface area contributed by atoms with Crippen molar-refractivity contribution in [2.45, 2.75) is 44.8 Å². The zero-order valence-electron chi connectivity index (χ0n) is 12.0. The Balaban J connectivity index is 2.77. The Morgan fingerprint density at radius 1 is 1.53 bits per heavy atom. The maximum Gasteiger partial charge on any atom is 0.240 e. The van der Waals surface area contributed by atoms with Gasteiger partial charge in [0.25, 0.3) is 0 Å². The van der Waals surface area contributed by atoms with E-state index in [1.807, 2.05) is 6.92 Å². The Labute approximate surface area is 113 Å². The van der Waals surface area contributed by atoms with Gasteiger partial charge in [-0.25, -0.2) is 0 Å². The summed E-state index contributed by atoms with van der Waals surface area (Å²) in [7, 11) is 3.30. The molecule has 19 heavy (non-hydrogen) atoms. The highest BCUT2D eigenvalue weighted by Gasteiger charge is 2.40. The van der Waals surface area contributed by atoms with Crippen molar-refractivity contribution in [1.82, 2.24) is 15.5 Å². The Bertz CT molecular complexity index is 359. The van der Waals surface area contributed by atoms with Crippen LogP contribution in [0.15, 0.2) is 0 Å². The van der Waals surface area contributed by atoms with Crippen molar-refractivity contribution in [3.05, 3.63) is 0 Å². The number of nitrogens with one attached hydrogen (secondary N) is 2. The van der Waals surface area contributed by atoms with Gasteiger partial charge in [-0.3, -0.25) is 9.59 Å². The molecule has 0 aromatic heterocycles. The van der Waals surface area contributed by atoms with Crippen LogP contribution in [-0.2, 0) is 14.4 Å². The summed E-state index contributed by atoms with van der Waals surface area (Å²) >= 11 is 0. The van der Waals surface area contributed by atoms with E-state index in [4.69, 9.17) is 0 Å². The van der Waals surface area contributed by atoms with Gasteiger partial charge in [0.15, 0.2) is 0 Å². The third-order valence-corrected chi connectivity index (χ3v) is 3.76. The number of nitrogens with zero attached hydrogens (tertiary/aromatic N) is 1. The number of hydrogen-bond donors (Lipinski definition) is 2. The first-order valence-corrected chi connectivity index (χ1v) is 6.62. The lowest BCUT2D eigenvalue weighted by Crippen LogP contribution is -2.46. The number of amides is 2. The molecule has 6 heteroatoms. The third-order valence-electron chi connectivity index (χ3n) is 3.76. The van der Waals surface area contributed by atoms with Gasteiger partial charge < -0.3 is 20.3 Å². The Morgan fingerprint density at radius 3 is 2.58 bits per heavy atom. The molecule has 0 aromatic carbocycles. The number of carbonyl (C=O) groups is 3. The van der Waals surface area contributed by atoms with Crippen molar-refractivity contribution < 1.29 is 14.4 Å². The van der Waals surface area contributed by atoms with E-state index in [1.165, 1.54) is 0 Å².